The van der Waals surface area contributed by atoms with Crippen molar-refractivity contribution in [2.24, 2.45) is 0 Å². The number of rotatable bonds is 5. The van der Waals surface area contributed by atoms with E-state index in [0.29, 0.717) is 6.04 Å². The summed E-state index contributed by atoms with van der Waals surface area (Å²) in [5.41, 5.74) is 1.22. The molecule has 0 spiro atoms. The van der Waals surface area contributed by atoms with E-state index in [4.69, 9.17) is 0 Å². The lowest BCUT2D eigenvalue weighted by Gasteiger charge is -2.17. The van der Waals surface area contributed by atoms with Crippen LogP contribution in [-0.2, 0) is 6.42 Å². The minimum absolute atomic E-state index is 0.565. The molecule has 2 heterocycles. The Labute approximate surface area is 107 Å². The van der Waals surface area contributed by atoms with Gasteiger partial charge in [0, 0.05) is 24.4 Å². The van der Waals surface area contributed by atoms with Crippen LogP contribution in [0.2, 0.25) is 0 Å². The van der Waals surface area contributed by atoms with Gasteiger partial charge >= 0.3 is 0 Å². The predicted octanol–water partition coefficient (Wildman–Crippen LogP) is 2.39. The van der Waals surface area contributed by atoms with Crippen molar-refractivity contribution >= 4 is 23.4 Å². The molecule has 0 saturated carbocycles. The Hall–Kier alpha value is -0.970. The van der Waals surface area contributed by atoms with Crippen LogP contribution in [0.5, 0.6) is 0 Å². The minimum atomic E-state index is 0.565. The van der Waals surface area contributed by atoms with Gasteiger partial charge in [-0.2, -0.15) is 11.8 Å². The molecular weight excluding hydrogens is 232 g/mol. The molecule has 0 amide bonds. The van der Waals surface area contributed by atoms with Crippen LogP contribution in [-0.4, -0.2) is 34.6 Å². The van der Waals surface area contributed by atoms with E-state index < -0.39 is 0 Å². The molecule has 1 aromatic heterocycles. The first kappa shape index (κ1) is 12.5. The Kier molecular flexibility index (Phi) is 4.48. The highest BCUT2D eigenvalue weighted by Gasteiger charge is 2.18. The fraction of sp³-hybridized carbons (Fsp3) is 0.667. The minimum Gasteiger partial charge on any atom is -0.373 e. The third kappa shape index (κ3) is 3.03. The van der Waals surface area contributed by atoms with Crippen LogP contribution in [0.3, 0.4) is 0 Å². The number of anilines is 2. The van der Waals surface area contributed by atoms with Crippen molar-refractivity contribution in [1.82, 2.24) is 9.97 Å². The van der Waals surface area contributed by atoms with Crippen LogP contribution in [0.4, 0.5) is 11.6 Å². The van der Waals surface area contributed by atoms with Gasteiger partial charge in [-0.3, -0.25) is 0 Å². The van der Waals surface area contributed by atoms with Crippen molar-refractivity contribution in [2.45, 2.75) is 32.2 Å². The standard InChI is InChI=1S/C12H20N4S/c1-3-4-10-11(13-2)14-8-15-12(10)16-9-5-6-17-7-9/h8-9H,3-7H2,1-2H3,(H2,13,14,15,16). The van der Waals surface area contributed by atoms with Crippen LogP contribution in [0.25, 0.3) is 0 Å². The smallest absolute Gasteiger partial charge is 0.134 e. The van der Waals surface area contributed by atoms with Gasteiger partial charge in [0.2, 0.25) is 0 Å². The first-order valence-corrected chi connectivity index (χ1v) is 7.36. The first-order valence-electron chi connectivity index (χ1n) is 6.21. The molecular formula is C12H20N4S. The molecule has 1 aliphatic heterocycles. The van der Waals surface area contributed by atoms with Crippen LogP contribution in [0, 0.1) is 0 Å². The summed E-state index contributed by atoms with van der Waals surface area (Å²) in [6.45, 7) is 2.18. The first-order chi connectivity index (χ1) is 8.35. The summed E-state index contributed by atoms with van der Waals surface area (Å²) in [4.78, 5) is 8.68. The zero-order valence-corrected chi connectivity index (χ0v) is 11.3. The number of nitrogens with zero attached hydrogens (tertiary/aromatic N) is 2. The molecule has 2 rings (SSSR count). The Bertz CT molecular complexity index is 364. The van der Waals surface area contributed by atoms with Gasteiger partial charge in [0.25, 0.3) is 0 Å². The van der Waals surface area contributed by atoms with Crippen molar-refractivity contribution in [2.75, 3.05) is 29.2 Å². The topological polar surface area (TPSA) is 49.8 Å². The second kappa shape index (κ2) is 6.10. The molecule has 5 heteroatoms. The lowest BCUT2D eigenvalue weighted by molar-refractivity contribution is 0.796. The lowest BCUT2D eigenvalue weighted by atomic mass is 10.1. The maximum absolute atomic E-state index is 4.40. The summed E-state index contributed by atoms with van der Waals surface area (Å²) in [6, 6.07) is 0.565. The Balaban J connectivity index is 2.18. The molecule has 1 atom stereocenters. The Morgan fingerprint density at radius 1 is 1.41 bits per heavy atom. The van der Waals surface area contributed by atoms with Crippen LogP contribution >= 0.6 is 11.8 Å². The van der Waals surface area contributed by atoms with E-state index in [2.05, 4.69) is 27.5 Å². The monoisotopic (exact) mass is 252 g/mol. The third-order valence-corrected chi connectivity index (χ3v) is 4.12. The van der Waals surface area contributed by atoms with E-state index in [1.807, 2.05) is 18.8 Å². The van der Waals surface area contributed by atoms with Crippen LogP contribution < -0.4 is 10.6 Å². The van der Waals surface area contributed by atoms with Gasteiger partial charge in [-0.25, -0.2) is 9.97 Å². The number of aromatic nitrogens is 2. The maximum Gasteiger partial charge on any atom is 0.134 e. The molecule has 1 aromatic rings. The van der Waals surface area contributed by atoms with E-state index in [-0.39, 0.29) is 0 Å². The normalized spacial score (nSPS) is 19.3. The van der Waals surface area contributed by atoms with Gasteiger partial charge in [0.15, 0.2) is 0 Å². The lowest BCUT2D eigenvalue weighted by Crippen LogP contribution is -2.20. The van der Waals surface area contributed by atoms with Crippen molar-refractivity contribution < 1.29 is 0 Å². The SMILES string of the molecule is CCCc1c(NC)ncnc1NC1CCSC1. The molecule has 1 aliphatic rings. The molecule has 1 saturated heterocycles. The van der Waals surface area contributed by atoms with Crippen LogP contribution in [0.15, 0.2) is 6.33 Å². The van der Waals surface area contributed by atoms with E-state index in [0.717, 1.165) is 24.5 Å². The summed E-state index contributed by atoms with van der Waals surface area (Å²) in [7, 11) is 1.91. The molecule has 1 unspecified atom stereocenters. The second-order valence-corrected chi connectivity index (χ2v) is 5.40. The highest BCUT2D eigenvalue weighted by molar-refractivity contribution is 7.99. The van der Waals surface area contributed by atoms with Crippen LogP contribution in [0.1, 0.15) is 25.3 Å². The quantitative estimate of drug-likeness (QED) is 0.842. The van der Waals surface area contributed by atoms with Gasteiger partial charge in [-0.05, 0) is 18.6 Å². The van der Waals surface area contributed by atoms with Crippen molar-refractivity contribution in [1.29, 1.82) is 0 Å². The fourth-order valence-electron chi connectivity index (χ4n) is 2.08. The third-order valence-electron chi connectivity index (χ3n) is 2.95. The van der Waals surface area contributed by atoms with Crippen molar-refractivity contribution in [3.63, 3.8) is 0 Å². The second-order valence-electron chi connectivity index (χ2n) is 4.25. The number of hydrogen-bond acceptors (Lipinski definition) is 5. The maximum atomic E-state index is 4.40. The molecule has 1 fully saturated rings. The number of nitrogens with one attached hydrogen (secondary N) is 2. The summed E-state index contributed by atoms with van der Waals surface area (Å²) >= 11 is 2.01. The highest BCUT2D eigenvalue weighted by Crippen LogP contribution is 2.25. The van der Waals surface area contributed by atoms with E-state index in [1.165, 1.54) is 23.5 Å². The molecule has 17 heavy (non-hydrogen) atoms. The molecule has 94 valence electrons. The fourth-order valence-corrected chi connectivity index (χ4v) is 3.23. The molecule has 0 bridgehead atoms. The van der Waals surface area contributed by atoms with Gasteiger partial charge in [0.1, 0.15) is 18.0 Å². The van der Waals surface area contributed by atoms with Gasteiger partial charge in [-0.15, -0.1) is 0 Å². The number of hydrogen-bond donors (Lipinski definition) is 2. The molecule has 0 radical (unpaired) electrons. The summed E-state index contributed by atoms with van der Waals surface area (Å²) in [5, 5.41) is 6.71. The highest BCUT2D eigenvalue weighted by atomic mass is 32.2. The number of thioether (sulfide) groups is 1. The molecule has 0 aromatic carbocycles. The Morgan fingerprint density at radius 2 is 2.24 bits per heavy atom. The van der Waals surface area contributed by atoms with Crippen molar-refractivity contribution in [3.8, 4) is 0 Å². The zero-order chi connectivity index (χ0) is 12.1. The zero-order valence-electron chi connectivity index (χ0n) is 10.5. The van der Waals surface area contributed by atoms with Gasteiger partial charge in [0.05, 0.1) is 0 Å². The predicted molar refractivity (Wildman–Crippen MR) is 74.9 cm³/mol. The summed E-state index contributed by atoms with van der Waals surface area (Å²) in [6.07, 6.45) is 4.99. The average molecular weight is 252 g/mol. The van der Waals surface area contributed by atoms with Gasteiger partial charge in [-0.1, -0.05) is 13.3 Å². The molecule has 2 N–H and O–H groups in total. The van der Waals surface area contributed by atoms with Crippen molar-refractivity contribution in [3.05, 3.63) is 11.9 Å². The Morgan fingerprint density at radius 3 is 2.88 bits per heavy atom. The van der Waals surface area contributed by atoms with E-state index >= 15 is 0 Å². The average Bonchev–Trinajstić information content (AvgIpc) is 2.84. The molecule has 0 aliphatic carbocycles. The molecule has 4 nitrogen and oxygen atoms in total. The van der Waals surface area contributed by atoms with E-state index in [9.17, 15) is 0 Å². The summed E-state index contributed by atoms with van der Waals surface area (Å²) in [5.74, 6) is 4.41. The summed E-state index contributed by atoms with van der Waals surface area (Å²) < 4.78 is 0. The largest absolute Gasteiger partial charge is 0.373 e. The van der Waals surface area contributed by atoms with E-state index in [1.54, 1.807) is 6.33 Å². The van der Waals surface area contributed by atoms with Gasteiger partial charge < -0.3 is 10.6 Å².